The Morgan fingerprint density at radius 1 is 0.714 bits per heavy atom. The predicted molar refractivity (Wildman–Crippen MR) is 161 cm³/mol. The molecule has 0 saturated heterocycles. The molecule has 4 rings (SSSR count). The van der Waals surface area contributed by atoms with E-state index in [2.05, 4.69) is 83.1 Å². The number of benzene rings is 1. The van der Waals surface area contributed by atoms with Gasteiger partial charge in [-0.2, -0.15) is 12.6 Å². The van der Waals surface area contributed by atoms with Crippen LogP contribution < -0.4 is 0 Å². The fourth-order valence-electron chi connectivity index (χ4n) is 5.34. The van der Waals surface area contributed by atoms with Crippen LogP contribution in [-0.4, -0.2) is 8.42 Å². The molecule has 2 aliphatic rings. The molecular weight excluding hydrogens is 526 g/mol. The Morgan fingerprint density at radius 2 is 1.20 bits per heavy atom. The molecule has 35 heavy (non-hydrogen) atoms. The van der Waals surface area contributed by atoms with Crippen LogP contribution >= 0.6 is 27.5 Å². The fourth-order valence-corrected chi connectivity index (χ4v) is 63.9. The summed E-state index contributed by atoms with van der Waals surface area (Å²) in [5.74, 6) is 0. The third-order valence-electron chi connectivity index (χ3n) is 6.62. The number of rotatable bonds is 2. The Kier molecular flexibility index (Phi) is 6.36. The highest BCUT2D eigenvalue weighted by molar-refractivity contribution is 9.04. The third-order valence-corrected chi connectivity index (χ3v) is 47.6. The highest BCUT2D eigenvalue weighted by Gasteiger charge is 2.68. The van der Waals surface area contributed by atoms with Crippen LogP contribution in [0.15, 0.2) is 43.9 Å². The standard InChI is InChI=1S/C27H43NO2P4S/c1-18-14-16-19(17-15-18)35(29,30)28-34-23(27(11,12)13)22(26(8,9)10)33(34)31-20(24(2,3)4)21(32(31)34)25(5,6)7/h14-17H,1-13H3. The first-order chi connectivity index (χ1) is 15.6. The molecule has 0 aliphatic carbocycles. The van der Waals surface area contributed by atoms with Crippen molar-refractivity contribution in [2.24, 2.45) is 15.0 Å². The van der Waals surface area contributed by atoms with E-state index in [1.807, 2.05) is 19.1 Å². The largest absolute Gasteiger partial charge is 0.282 e. The molecule has 0 spiro atoms. The van der Waals surface area contributed by atoms with E-state index < -0.39 is 30.7 Å². The Bertz CT molecular complexity index is 1390. The molecule has 4 atom stereocenters. The Balaban J connectivity index is 2.13. The van der Waals surface area contributed by atoms with Crippen LogP contribution in [-0.2, 0) is 20.9 Å². The third kappa shape index (κ3) is 4.09. The lowest BCUT2D eigenvalue weighted by Gasteiger charge is -2.66. The van der Waals surface area contributed by atoms with Crippen LogP contribution in [0.4, 0.5) is 0 Å². The molecule has 0 fully saturated rings. The summed E-state index contributed by atoms with van der Waals surface area (Å²) < 4.78 is 33.0. The van der Waals surface area contributed by atoms with Gasteiger partial charge in [0.05, 0.1) is 11.3 Å². The minimum absolute atomic E-state index is 0.0468. The summed E-state index contributed by atoms with van der Waals surface area (Å²) in [7, 11) is -4.23. The van der Waals surface area contributed by atoms with Crippen LogP contribution in [0.25, 0.3) is 0 Å². The van der Waals surface area contributed by atoms with Gasteiger partial charge in [-0.3, -0.25) is 0 Å². The van der Waals surface area contributed by atoms with Crippen molar-refractivity contribution in [3.8, 4) is 0 Å². The SMILES string of the molecule is Cc1ccc(S(=O)(=O)N=P23C(C(C)(C)C)=C(C(C)(C)C)P2p2c(C(C)(C)C)c(C(C)(C)C)p23)cc1. The molecule has 2 aromatic rings. The normalized spacial score (nSPS) is 24.0. The molecule has 0 radical (unpaired) electrons. The van der Waals surface area contributed by atoms with E-state index in [0.29, 0.717) is 4.90 Å². The molecule has 0 bridgehead atoms. The van der Waals surface area contributed by atoms with E-state index in [1.165, 1.54) is 5.31 Å². The zero-order chi connectivity index (χ0) is 26.7. The van der Waals surface area contributed by atoms with E-state index in [-0.39, 0.29) is 28.6 Å². The zero-order valence-electron chi connectivity index (χ0n) is 23.8. The highest BCUT2D eigenvalue weighted by atomic mass is 32.9. The monoisotopic (exact) mass is 569 g/mol. The quantitative estimate of drug-likeness (QED) is 0.338. The number of fused-ring (bicyclic) bond motifs is 4. The van der Waals surface area contributed by atoms with Crippen molar-refractivity contribution in [3.05, 3.63) is 51.0 Å². The van der Waals surface area contributed by atoms with Gasteiger partial charge in [0.25, 0.3) is 10.0 Å². The van der Waals surface area contributed by atoms with Gasteiger partial charge in [-0.25, -0.2) is 0 Å². The van der Waals surface area contributed by atoms with Gasteiger partial charge in [0, 0.05) is 7.30 Å². The lowest BCUT2D eigenvalue weighted by atomic mass is 9.86. The Morgan fingerprint density at radius 3 is 1.60 bits per heavy atom. The van der Waals surface area contributed by atoms with Crippen LogP contribution in [0.5, 0.6) is 0 Å². The van der Waals surface area contributed by atoms with Crippen molar-refractivity contribution in [1.82, 2.24) is 0 Å². The minimum atomic E-state index is -3.72. The van der Waals surface area contributed by atoms with Crippen molar-refractivity contribution < 1.29 is 8.42 Å². The first-order valence-corrected chi connectivity index (χ1v) is 22.5. The summed E-state index contributed by atoms with van der Waals surface area (Å²) in [5.41, 5.74) is 1.21. The van der Waals surface area contributed by atoms with E-state index in [0.717, 1.165) is 5.56 Å². The van der Waals surface area contributed by atoms with Crippen LogP contribution in [0, 0.1) is 17.8 Å². The van der Waals surface area contributed by atoms with Gasteiger partial charge in [-0.1, -0.05) is 108 Å². The summed E-state index contributed by atoms with van der Waals surface area (Å²) in [5, 5.41) is 6.32. The number of aryl methyl sites for hydroxylation is 1. The van der Waals surface area contributed by atoms with Gasteiger partial charge in [-0.15, -0.1) is 0 Å². The van der Waals surface area contributed by atoms with Gasteiger partial charge in [0.2, 0.25) is 0 Å². The molecule has 8 heteroatoms. The van der Waals surface area contributed by atoms with Gasteiger partial charge in [0.1, 0.15) is 0 Å². The fraction of sp³-hybridized carbons (Fsp3) is 0.630. The summed E-state index contributed by atoms with van der Waals surface area (Å²) in [6.45, 7) is 29.2. The maximum atomic E-state index is 13.9. The van der Waals surface area contributed by atoms with E-state index >= 15 is 0 Å². The molecule has 0 amide bonds. The molecule has 0 saturated carbocycles. The lowest BCUT2D eigenvalue weighted by Crippen LogP contribution is -2.30. The lowest BCUT2D eigenvalue weighted by molar-refractivity contribution is 0.481. The Hall–Kier alpha value is -0.0900. The number of hydrogen-bond acceptors (Lipinski definition) is 2. The molecule has 4 unspecified atom stereocenters. The van der Waals surface area contributed by atoms with Gasteiger partial charge in [0.15, 0.2) is 0 Å². The maximum Gasteiger partial charge on any atom is 0.282 e. The summed E-state index contributed by atoms with van der Waals surface area (Å²) in [6.07, 6.45) is -2.14. The van der Waals surface area contributed by atoms with Crippen molar-refractivity contribution in [1.29, 1.82) is 0 Å². The molecule has 1 aromatic heterocycles. The van der Waals surface area contributed by atoms with Gasteiger partial charge in [-0.05, 0) is 68.8 Å². The number of sulfonamides is 1. The summed E-state index contributed by atoms with van der Waals surface area (Å²) in [6, 6.07) is 7.28. The molecule has 3 nitrogen and oxygen atoms in total. The highest BCUT2D eigenvalue weighted by Crippen LogP contribution is 3.28. The average molecular weight is 570 g/mol. The van der Waals surface area contributed by atoms with Crippen LogP contribution in [0.2, 0.25) is 0 Å². The molecular formula is C27H43NO2P4S. The molecule has 1 aromatic carbocycles. The average Bonchev–Trinajstić information content (AvgIpc) is 2.58. The second-order valence-electron chi connectivity index (χ2n) is 14.2. The van der Waals surface area contributed by atoms with Gasteiger partial charge < -0.3 is 0 Å². The number of allylic oxidation sites excluding steroid dienone is 2. The van der Waals surface area contributed by atoms with Crippen LogP contribution in [0.1, 0.15) is 99.2 Å². The summed E-state index contributed by atoms with van der Waals surface area (Å²) >= 11 is 0. The molecule has 0 N–H and O–H groups in total. The second kappa shape index (κ2) is 7.96. The zero-order valence-corrected chi connectivity index (χ0v) is 28.2. The van der Waals surface area contributed by atoms with Crippen molar-refractivity contribution in [2.45, 2.75) is 106 Å². The molecule has 3 heterocycles. The first kappa shape index (κ1) is 27.9. The van der Waals surface area contributed by atoms with E-state index in [1.54, 1.807) is 28.0 Å². The van der Waals surface area contributed by atoms with Crippen LogP contribution in [0.3, 0.4) is 0 Å². The second-order valence-corrected chi connectivity index (χ2v) is 35.4. The van der Waals surface area contributed by atoms with E-state index in [9.17, 15) is 8.42 Å². The first-order valence-electron chi connectivity index (χ1n) is 12.4. The Labute approximate surface area is 217 Å². The minimum Gasteiger partial charge on any atom is -0.199 e. The van der Waals surface area contributed by atoms with E-state index in [4.69, 9.17) is 4.15 Å². The number of hydrogen-bond donors (Lipinski definition) is 0. The van der Waals surface area contributed by atoms with Crippen molar-refractivity contribution in [3.63, 3.8) is 0 Å². The topological polar surface area (TPSA) is 46.5 Å². The van der Waals surface area contributed by atoms with Crippen molar-refractivity contribution >= 4 is 37.6 Å². The molecule has 2 aliphatic heterocycles. The van der Waals surface area contributed by atoms with Crippen molar-refractivity contribution in [2.75, 3.05) is 0 Å². The molecule has 194 valence electrons. The maximum absolute atomic E-state index is 13.9. The predicted octanol–water partition coefficient (Wildman–Crippen LogP) is 11.4. The smallest absolute Gasteiger partial charge is 0.199 e. The van der Waals surface area contributed by atoms with Gasteiger partial charge >= 0.3 is 0 Å². The number of nitrogens with zero attached hydrogens (tertiary/aromatic N) is 1. The summed E-state index contributed by atoms with van der Waals surface area (Å²) in [4.78, 5) is 0.356.